The van der Waals surface area contributed by atoms with Crippen molar-refractivity contribution in [1.82, 2.24) is 0 Å². The second-order valence-corrected chi connectivity index (χ2v) is 7.31. The molecule has 0 bridgehead atoms. The molecule has 1 amide bonds. The third-order valence-corrected chi connectivity index (χ3v) is 5.12. The molecule has 0 saturated carbocycles. The maximum Gasteiger partial charge on any atom is 0.262 e. The second kappa shape index (κ2) is 6.16. The standard InChI is InChI=1S/C17H18N2O4S/c1-3-12-4-6-13(7-5-12)24(21,22)19-15-9-11(2)8-14-17(15)23-10-16(20)18-14/h4-9,19H,3,10H2,1-2H3,(H,18,20). The molecular formula is C17H18N2O4S. The lowest BCUT2D eigenvalue weighted by atomic mass is 10.1. The third kappa shape index (κ3) is 3.21. The monoisotopic (exact) mass is 346 g/mol. The van der Waals surface area contributed by atoms with Gasteiger partial charge >= 0.3 is 0 Å². The Balaban J connectivity index is 1.96. The van der Waals surface area contributed by atoms with Gasteiger partial charge in [-0.2, -0.15) is 0 Å². The normalized spacial score (nSPS) is 13.7. The Morgan fingerprint density at radius 1 is 1.21 bits per heavy atom. The molecular weight excluding hydrogens is 328 g/mol. The molecule has 1 aliphatic rings. The minimum absolute atomic E-state index is 0.143. The number of fused-ring (bicyclic) bond motifs is 1. The SMILES string of the molecule is CCc1ccc(S(=O)(=O)Nc2cc(C)cc3c2OCC(=O)N3)cc1. The zero-order valence-corrected chi connectivity index (χ0v) is 14.2. The van der Waals surface area contributed by atoms with Gasteiger partial charge < -0.3 is 10.1 Å². The highest BCUT2D eigenvalue weighted by molar-refractivity contribution is 7.92. The summed E-state index contributed by atoms with van der Waals surface area (Å²) >= 11 is 0. The van der Waals surface area contributed by atoms with Crippen molar-refractivity contribution in [3.8, 4) is 5.75 Å². The minimum atomic E-state index is -3.74. The molecule has 0 aliphatic carbocycles. The molecule has 24 heavy (non-hydrogen) atoms. The van der Waals surface area contributed by atoms with Crippen LogP contribution >= 0.6 is 0 Å². The quantitative estimate of drug-likeness (QED) is 0.891. The highest BCUT2D eigenvalue weighted by Crippen LogP contribution is 2.38. The van der Waals surface area contributed by atoms with Gasteiger partial charge in [0.1, 0.15) is 0 Å². The van der Waals surface area contributed by atoms with Crippen molar-refractivity contribution < 1.29 is 17.9 Å². The zero-order valence-electron chi connectivity index (χ0n) is 13.4. The fourth-order valence-electron chi connectivity index (χ4n) is 2.53. The molecule has 2 aromatic carbocycles. The molecule has 0 aromatic heterocycles. The van der Waals surface area contributed by atoms with Crippen LogP contribution in [-0.2, 0) is 21.2 Å². The fraction of sp³-hybridized carbons (Fsp3) is 0.235. The number of aryl methyl sites for hydroxylation is 2. The molecule has 6 nitrogen and oxygen atoms in total. The van der Waals surface area contributed by atoms with Gasteiger partial charge in [-0.1, -0.05) is 19.1 Å². The summed E-state index contributed by atoms with van der Waals surface area (Å²) in [4.78, 5) is 11.6. The number of amides is 1. The summed E-state index contributed by atoms with van der Waals surface area (Å²) in [5.74, 6) is 0.0611. The fourth-order valence-corrected chi connectivity index (χ4v) is 3.58. The smallest absolute Gasteiger partial charge is 0.262 e. The molecule has 0 radical (unpaired) electrons. The molecule has 1 heterocycles. The van der Waals surface area contributed by atoms with Crippen molar-refractivity contribution in [3.63, 3.8) is 0 Å². The van der Waals surface area contributed by atoms with Gasteiger partial charge in [0, 0.05) is 0 Å². The minimum Gasteiger partial charge on any atom is -0.479 e. The number of carbonyl (C=O) groups excluding carboxylic acids is 1. The Labute approximate surface area is 140 Å². The van der Waals surface area contributed by atoms with E-state index in [1.54, 1.807) is 36.4 Å². The first-order valence-corrected chi connectivity index (χ1v) is 9.06. The predicted molar refractivity (Wildman–Crippen MR) is 91.9 cm³/mol. The number of sulfonamides is 1. The molecule has 0 fully saturated rings. The number of carbonyl (C=O) groups is 1. The highest BCUT2D eigenvalue weighted by Gasteiger charge is 2.23. The summed E-state index contributed by atoms with van der Waals surface area (Å²) in [7, 11) is -3.74. The van der Waals surface area contributed by atoms with Gasteiger partial charge in [0.15, 0.2) is 12.4 Å². The van der Waals surface area contributed by atoms with Crippen LogP contribution in [0.5, 0.6) is 5.75 Å². The number of nitrogens with one attached hydrogen (secondary N) is 2. The Hall–Kier alpha value is -2.54. The number of hydrogen-bond acceptors (Lipinski definition) is 4. The van der Waals surface area contributed by atoms with Crippen LogP contribution in [0.1, 0.15) is 18.1 Å². The first kappa shape index (κ1) is 16.3. The van der Waals surface area contributed by atoms with Crippen LogP contribution in [0.3, 0.4) is 0 Å². The molecule has 1 aliphatic heterocycles. The largest absolute Gasteiger partial charge is 0.479 e. The van der Waals surface area contributed by atoms with Crippen LogP contribution in [0.4, 0.5) is 11.4 Å². The average molecular weight is 346 g/mol. The van der Waals surface area contributed by atoms with E-state index in [4.69, 9.17) is 4.74 Å². The van der Waals surface area contributed by atoms with E-state index >= 15 is 0 Å². The first-order chi connectivity index (χ1) is 11.4. The van der Waals surface area contributed by atoms with E-state index in [-0.39, 0.29) is 17.4 Å². The van der Waals surface area contributed by atoms with E-state index < -0.39 is 10.0 Å². The Bertz CT molecular complexity index is 890. The first-order valence-electron chi connectivity index (χ1n) is 7.58. The van der Waals surface area contributed by atoms with Crippen molar-refractivity contribution in [1.29, 1.82) is 0 Å². The van der Waals surface area contributed by atoms with E-state index in [0.29, 0.717) is 17.1 Å². The van der Waals surface area contributed by atoms with Crippen molar-refractivity contribution in [2.24, 2.45) is 0 Å². The van der Waals surface area contributed by atoms with Crippen molar-refractivity contribution in [2.75, 3.05) is 16.6 Å². The lowest BCUT2D eigenvalue weighted by molar-refractivity contribution is -0.118. The lowest BCUT2D eigenvalue weighted by Gasteiger charge is -2.22. The molecule has 0 unspecified atom stereocenters. The molecule has 7 heteroatoms. The van der Waals surface area contributed by atoms with Crippen molar-refractivity contribution in [2.45, 2.75) is 25.2 Å². The Morgan fingerprint density at radius 2 is 1.92 bits per heavy atom. The van der Waals surface area contributed by atoms with Gasteiger partial charge in [-0.05, 0) is 48.7 Å². The van der Waals surface area contributed by atoms with Crippen LogP contribution in [0.2, 0.25) is 0 Å². The summed E-state index contributed by atoms with van der Waals surface area (Å²) in [6.07, 6.45) is 0.840. The second-order valence-electron chi connectivity index (χ2n) is 5.63. The lowest BCUT2D eigenvalue weighted by Crippen LogP contribution is -2.26. The molecule has 0 saturated heterocycles. The van der Waals surface area contributed by atoms with Crippen LogP contribution < -0.4 is 14.8 Å². The predicted octanol–water partition coefficient (Wildman–Crippen LogP) is 2.69. The number of hydrogen-bond donors (Lipinski definition) is 2. The van der Waals surface area contributed by atoms with Crippen molar-refractivity contribution in [3.05, 3.63) is 47.5 Å². The summed E-state index contributed by atoms with van der Waals surface area (Å²) in [5, 5.41) is 2.68. The van der Waals surface area contributed by atoms with E-state index in [2.05, 4.69) is 10.0 Å². The summed E-state index contributed by atoms with van der Waals surface area (Å²) in [5.41, 5.74) is 2.64. The van der Waals surface area contributed by atoms with Gasteiger partial charge in [0.25, 0.3) is 15.9 Å². The van der Waals surface area contributed by atoms with E-state index in [0.717, 1.165) is 17.5 Å². The van der Waals surface area contributed by atoms with E-state index in [1.165, 1.54) is 0 Å². The van der Waals surface area contributed by atoms with Gasteiger partial charge in [0.2, 0.25) is 0 Å². The van der Waals surface area contributed by atoms with Crippen molar-refractivity contribution >= 4 is 27.3 Å². The molecule has 3 rings (SSSR count). The highest BCUT2D eigenvalue weighted by atomic mass is 32.2. The topological polar surface area (TPSA) is 84.5 Å². The summed E-state index contributed by atoms with van der Waals surface area (Å²) in [6, 6.07) is 10.1. The van der Waals surface area contributed by atoms with E-state index in [1.807, 2.05) is 13.8 Å². The van der Waals surface area contributed by atoms with Crippen LogP contribution in [0.25, 0.3) is 0 Å². The molecule has 0 atom stereocenters. The van der Waals surface area contributed by atoms with Gasteiger partial charge in [-0.15, -0.1) is 0 Å². The van der Waals surface area contributed by atoms with E-state index in [9.17, 15) is 13.2 Å². The molecule has 2 N–H and O–H groups in total. The maximum absolute atomic E-state index is 12.6. The Morgan fingerprint density at radius 3 is 2.58 bits per heavy atom. The van der Waals surface area contributed by atoms with Crippen LogP contribution in [0.15, 0.2) is 41.3 Å². The number of benzene rings is 2. The molecule has 2 aromatic rings. The maximum atomic E-state index is 12.6. The number of rotatable bonds is 4. The number of anilines is 2. The average Bonchev–Trinajstić information content (AvgIpc) is 2.54. The zero-order chi connectivity index (χ0) is 17.3. The third-order valence-electron chi connectivity index (χ3n) is 3.74. The van der Waals surface area contributed by atoms with Crippen LogP contribution in [0, 0.1) is 6.92 Å². The molecule has 126 valence electrons. The van der Waals surface area contributed by atoms with Crippen LogP contribution in [-0.4, -0.2) is 20.9 Å². The number of ether oxygens (including phenoxy) is 1. The van der Waals surface area contributed by atoms with Gasteiger partial charge in [0.05, 0.1) is 16.3 Å². The summed E-state index contributed by atoms with van der Waals surface area (Å²) < 4.78 is 33.2. The Kier molecular flexibility index (Phi) is 4.19. The summed E-state index contributed by atoms with van der Waals surface area (Å²) in [6.45, 7) is 3.68. The molecule has 0 spiro atoms. The van der Waals surface area contributed by atoms with Gasteiger partial charge in [-0.3, -0.25) is 9.52 Å². The van der Waals surface area contributed by atoms with Gasteiger partial charge in [-0.25, -0.2) is 8.42 Å².